The third-order valence-corrected chi connectivity index (χ3v) is 4.73. The van der Waals surface area contributed by atoms with E-state index in [-0.39, 0.29) is 17.6 Å². The molecule has 3 rings (SSSR count). The molecule has 4 nitrogen and oxygen atoms in total. The number of allylic oxidation sites excluding steroid dienone is 1. The first-order chi connectivity index (χ1) is 12.6. The van der Waals surface area contributed by atoms with E-state index in [1.165, 1.54) is 24.3 Å². The SMILES string of the molecule is O/N=C1\C(=C\c2ccc(F)cc2)CCCC1C(NO)c1ccc(F)cc1. The number of nitrogens with one attached hydrogen (secondary N) is 1. The molecule has 1 aliphatic carbocycles. The molecule has 0 amide bonds. The summed E-state index contributed by atoms with van der Waals surface area (Å²) in [7, 11) is 0. The van der Waals surface area contributed by atoms with Crippen molar-refractivity contribution in [3.8, 4) is 0 Å². The Hall–Kier alpha value is -2.57. The predicted octanol–water partition coefficient (Wildman–Crippen LogP) is 4.70. The summed E-state index contributed by atoms with van der Waals surface area (Å²) in [4.78, 5) is 0. The molecule has 1 aliphatic rings. The Morgan fingerprint density at radius 2 is 1.65 bits per heavy atom. The Kier molecular flexibility index (Phi) is 5.75. The van der Waals surface area contributed by atoms with Crippen LogP contribution in [0.3, 0.4) is 0 Å². The van der Waals surface area contributed by atoms with Crippen molar-refractivity contribution in [3.63, 3.8) is 0 Å². The van der Waals surface area contributed by atoms with Gasteiger partial charge in [0.25, 0.3) is 0 Å². The Labute approximate surface area is 150 Å². The minimum absolute atomic E-state index is 0.282. The quantitative estimate of drug-likeness (QED) is 0.548. The van der Waals surface area contributed by atoms with Crippen molar-refractivity contribution >= 4 is 11.8 Å². The van der Waals surface area contributed by atoms with Gasteiger partial charge in [0.2, 0.25) is 0 Å². The summed E-state index contributed by atoms with van der Waals surface area (Å²) in [5.74, 6) is -0.955. The minimum atomic E-state index is -0.529. The van der Waals surface area contributed by atoms with Gasteiger partial charge in [-0.15, -0.1) is 0 Å². The lowest BCUT2D eigenvalue weighted by molar-refractivity contribution is 0.106. The van der Waals surface area contributed by atoms with Crippen molar-refractivity contribution in [1.82, 2.24) is 5.48 Å². The second-order valence-corrected chi connectivity index (χ2v) is 6.36. The zero-order chi connectivity index (χ0) is 18.5. The third-order valence-electron chi connectivity index (χ3n) is 4.73. The molecule has 0 spiro atoms. The van der Waals surface area contributed by atoms with Crippen LogP contribution in [0.4, 0.5) is 8.78 Å². The number of nitrogens with zero attached hydrogens (tertiary/aromatic N) is 1. The van der Waals surface area contributed by atoms with Gasteiger partial charge in [-0.25, -0.2) is 8.78 Å². The van der Waals surface area contributed by atoms with Crippen LogP contribution < -0.4 is 5.48 Å². The van der Waals surface area contributed by atoms with Gasteiger partial charge in [-0.2, -0.15) is 5.48 Å². The van der Waals surface area contributed by atoms with E-state index >= 15 is 0 Å². The van der Waals surface area contributed by atoms with Gasteiger partial charge in [0.1, 0.15) is 11.6 Å². The smallest absolute Gasteiger partial charge is 0.123 e. The molecule has 1 saturated carbocycles. The van der Waals surface area contributed by atoms with E-state index in [1.54, 1.807) is 24.3 Å². The van der Waals surface area contributed by atoms with Gasteiger partial charge in [0.15, 0.2) is 0 Å². The first kappa shape index (κ1) is 18.2. The molecule has 0 aliphatic heterocycles. The van der Waals surface area contributed by atoms with Crippen LogP contribution in [0, 0.1) is 17.6 Å². The molecule has 3 N–H and O–H groups in total. The van der Waals surface area contributed by atoms with Crippen LogP contribution in [-0.2, 0) is 0 Å². The highest BCUT2D eigenvalue weighted by Gasteiger charge is 2.32. The van der Waals surface area contributed by atoms with Crippen molar-refractivity contribution in [3.05, 3.63) is 76.9 Å². The summed E-state index contributed by atoms with van der Waals surface area (Å²) in [6.45, 7) is 0. The van der Waals surface area contributed by atoms with Crippen molar-refractivity contribution in [2.24, 2.45) is 11.1 Å². The maximum Gasteiger partial charge on any atom is 0.123 e. The average Bonchev–Trinajstić information content (AvgIpc) is 2.66. The van der Waals surface area contributed by atoms with E-state index in [0.717, 1.165) is 24.0 Å². The molecule has 26 heavy (non-hydrogen) atoms. The molecule has 2 aromatic carbocycles. The normalized spacial score (nSPS) is 21.9. The van der Waals surface area contributed by atoms with Crippen LogP contribution >= 0.6 is 0 Å². The lowest BCUT2D eigenvalue weighted by Crippen LogP contribution is -2.34. The average molecular weight is 358 g/mol. The lowest BCUT2D eigenvalue weighted by atomic mass is 9.77. The standard InChI is InChI=1S/C20H20F2N2O2/c21-16-8-4-13(5-9-16)12-15-2-1-3-18(20(15)24-26)19(23-25)14-6-10-17(22)11-7-14/h4-12,18-19,23,25-26H,1-3H2/b15-12+,24-20+. The van der Waals surface area contributed by atoms with Gasteiger partial charge in [-0.05, 0) is 66.3 Å². The fourth-order valence-electron chi connectivity index (χ4n) is 3.45. The molecule has 1 fully saturated rings. The minimum Gasteiger partial charge on any atom is -0.411 e. The van der Waals surface area contributed by atoms with E-state index in [0.29, 0.717) is 17.7 Å². The maximum atomic E-state index is 13.2. The van der Waals surface area contributed by atoms with Gasteiger partial charge in [-0.1, -0.05) is 29.4 Å². The van der Waals surface area contributed by atoms with Crippen LogP contribution in [0.2, 0.25) is 0 Å². The van der Waals surface area contributed by atoms with Crippen molar-refractivity contribution in [1.29, 1.82) is 0 Å². The third kappa shape index (κ3) is 3.98. The second kappa shape index (κ2) is 8.21. The van der Waals surface area contributed by atoms with E-state index < -0.39 is 6.04 Å². The van der Waals surface area contributed by atoms with Crippen LogP contribution in [0.15, 0.2) is 59.3 Å². The van der Waals surface area contributed by atoms with Crippen molar-refractivity contribution in [2.45, 2.75) is 25.3 Å². The number of halogens is 2. The summed E-state index contributed by atoms with van der Waals surface area (Å²) in [5, 5.41) is 22.8. The number of oxime groups is 1. The summed E-state index contributed by atoms with van der Waals surface area (Å²) in [6.07, 6.45) is 4.13. The lowest BCUT2D eigenvalue weighted by Gasteiger charge is -2.31. The maximum absolute atomic E-state index is 13.2. The highest BCUT2D eigenvalue weighted by molar-refractivity contribution is 6.06. The molecule has 0 aromatic heterocycles. The number of hydrogen-bond donors (Lipinski definition) is 3. The monoisotopic (exact) mass is 358 g/mol. The Balaban J connectivity index is 1.91. The zero-order valence-electron chi connectivity index (χ0n) is 14.1. The van der Waals surface area contributed by atoms with Crippen molar-refractivity contribution in [2.75, 3.05) is 0 Å². The summed E-state index contributed by atoms with van der Waals surface area (Å²) in [6, 6.07) is 11.4. The molecular formula is C20H20F2N2O2. The molecule has 0 heterocycles. The molecule has 2 atom stereocenters. The number of hydroxylamine groups is 1. The van der Waals surface area contributed by atoms with E-state index in [1.807, 2.05) is 6.08 Å². The van der Waals surface area contributed by atoms with E-state index in [4.69, 9.17) is 0 Å². The first-order valence-corrected chi connectivity index (χ1v) is 8.46. The molecule has 136 valence electrons. The molecule has 0 radical (unpaired) electrons. The Morgan fingerprint density at radius 3 is 2.23 bits per heavy atom. The summed E-state index contributed by atoms with van der Waals surface area (Å²) >= 11 is 0. The summed E-state index contributed by atoms with van der Waals surface area (Å²) in [5.41, 5.74) is 5.07. The van der Waals surface area contributed by atoms with Crippen LogP contribution in [0.25, 0.3) is 6.08 Å². The largest absolute Gasteiger partial charge is 0.411 e. The van der Waals surface area contributed by atoms with Crippen LogP contribution in [-0.4, -0.2) is 16.1 Å². The van der Waals surface area contributed by atoms with Crippen molar-refractivity contribution < 1.29 is 19.2 Å². The molecule has 6 heteroatoms. The van der Waals surface area contributed by atoms with Gasteiger partial charge in [0, 0.05) is 5.92 Å². The van der Waals surface area contributed by atoms with E-state index in [2.05, 4.69) is 10.6 Å². The molecule has 0 bridgehead atoms. The predicted molar refractivity (Wildman–Crippen MR) is 95.0 cm³/mol. The Bertz CT molecular complexity index is 802. The van der Waals surface area contributed by atoms with Gasteiger partial charge in [-0.3, -0.25) is 0 Å². The fourth-order valence-corrected chi connectivity index (χ4v) is 3.45. The second-order valence-electron chi connectivity index (χ2n) is 6.36. The fraction of sp³-hybridized carbons (Fsp3) is 0.250. The highest BCUT2D eigenvalue weighted by Crippen LogP contribution is 2.36. The Morgan fingerprint density at radius 1 is 1.04 bits per heavy atom. The number of hydrogen-bond acceptors (Lipinski definition) is 4. The molecule has 2 unspecified atom stereocenters. The number of rotatable bonds is 4. The van der Waals surface area contributed by atoms with Crippen LogP contribution in [0.1, 0.15) is 36.4 Å². The van der Waals surface area contributed by atoms with Crippen LogP contribution in [0.5, 0.6) is 0 Å². The van der Waals surface area contributed by atoms with Gasteiger partial charge in [0.05, 0.1) is 11.8 Å². The molecule has 2 aromatic rings. The zero-order valence-corrected chi connectivity index (χ0v) is 14.1. The topological polar surface area (TPSA) is 64.9 Å². The highest BCUT2D eigenvalue weighted by atomic mass is 19.1. The first-order valence-electron chi connectivity index (χ1n) is 8.46. The summed E-state index contributed by atoms with van der Waals surface area (Å²) < 4.78 is 26.3. The number of benzene rings is 2. The molecular weight excluding hydrogens is 338 g/mol. The van der Waals surface area contributed by atoms with Gasteiger partial charge < -0.3 is 10.4 Å². The van der Waals surface area contributed by atoms with Gasteiger partial charge >= 0.3 is 0 Å². The molecule has 0 saturated heterocycles. The van der Waals surface area contributed by atoms with E-state index in [9.17, 15) is 19.2 Å².